The molecule has 0 saturated heterocycles. The number of methoxy groups -OCH3 is 2. The van der Waals surface area contributed by atoms with Crippen molar-refractivity contribution in [2.45, 2.75) is 75.9 Å². The summed E-state index contributed by atoms with van der Waals surface area (Å²) in [5.41, 5.74) is 1.95. The molecule has 0 aliphatic heterocycles. The number of rotatable bonds is 13. The van der Waals surface area contributed by atoms with Gasteiger partial charge in [0.25, 0.3) is 10.0 Å². The van der Waals surface area contributed by atoms with E-state index in [4.69, 9.17) is 9.47 Å². The topological polar surface area (TPSA) is 105 Å². The number of sulfonamides is 1. The van der Waals surface area contributed by atoms with Crippen molar-refractivity contribution in [2.24, 2.45) is 0 Å². The van der Waals surface area contributed by atoms with Gasteiger partial charge in [-0.2, -0.15) is 0 Å². The van der Waals surface area contributed by atoms with Crippen LogP contribution in [0.25, 0.3) is 0 Å². The Morgan fingerprint density at radius 1 is 0.909 bits per heavy atom. The maximum atomic E-state index is 14.3. The molecule has 0 bridgehead atoms. The summed E-state index contributed by atoms with van der Waals surface area (Å²) in [4.78, 5) is 29.6. The van der Waals surface area contributed by atoms with Crippen molar-refractivity contribution < 1.29 is 27.5 Å². The number of ether oxygens (including phenoxy) is 2. The molecule has 3 aromatic carbocycles. The lowest BCUT2D eigenvalue weighted by atomic mass is 9.95. The van der Waals surface area contributed by atoms with Crippen LogP contribution >= 0.6 is 0 Å². The summed E-state index contributed by atoms with van der Waals surface area (Å²) in [6.07, 6.45) is 5.44. The fourth-order valence-electron chi connectivity index (χ4n) is 5.56. The minimum absolute atomic E-state index is 0.0557. The third kappa shape index (κ3) is 8.11. The largest absolute Gasteiger partial charge is 0.497 e. The molecule has 236 valence electrons. The normalized spacial score (nSPS) is 14.4. The van der Waals surface area contributed by atoms with Crippen LogP contribution in [0, 0.1) is 6.92 Å². The van der Waals surface area contributed by atoms with E-state index >= 15 is 0 Å². The summed E-state index contributed by atoms with van der Waals surface area (Å²) < 4.78 is 40.1. The molecule has 1 saturated carbocycles. The van der Waals surface area contributed by atoms with E-state index in [0.29, 0.717) is 17.9 Å². The highest BCUT2D eigenvalue weighted by Gasteiger charge is 2.34. The second-order valence-corrected chi connectivity index (χ2v) is 13.0. The molecule has 0 aromatic heterocycles. The summed E-state index contributed by atoms with van der Waals surface area (Å²) in [6.45, 7) is 3.32. The van der Waals surface area contributed by atoms with E-state index in [9.17, 15) is 18.0 Å². The summed E-state index contributed by atoms with van der Waals surface area (Å²) in [5, 5.41) is 3.17. The maximum absolute atomic E-state index is 14.3. The Bertz CT molecular complexity index is 1520. The van der Waals surface area contributed by atoms with Gasteiger partial charge < -0.3 is 19.7 Å². The van der Waals surface area contributed by atoms with E-state index in [-0.39, 0.29) is 29.1 Å². The zero-order chi connectivity index (χ0) is 31.7. The Morgan fingerprint density at radius 3 is 2.18 bits per heavy atom. The van der Waals surface area contributed by atoms with E-state index in [1.54, 1.807) is 49.6 Å². The first-order valence-electron chi connectivity index (χ1n) is 15.1. The van der Waals surface area contributed by atoms with Crippen molar-refractivity contribution in [2.75, 3.05) is 25.1 Å². The number of amides is 2. The van der Waals surface area contributed by atoms with E-state index in [1.807, 2.05) is 32.0 Å². The molecule has 1 fully saturated rings. The van der Waals surface area contributed by atoms with Crippen LogP contribution in [0.1, 0.15) is 56.6 Å². The first kappa shape index (κ1) is 32.9. The molecule has 0 spiro atoms. The van der Waals surface area contributed by atoms with Crippen LogP contribution < -0.4 is 19.1 Å². The Labute approximate surface area is 261 Å². The molecule has 0 radical (unpaired) electrons. The number of hydrogen-bond donors (Lipinski definition) is 1. The smallest absolute Gasteiger partial charge is 0.264 e. The van der Waals surface area contributed by atoms with Gasteiger partial charge in [-0.15, -0.1) is 0 Å². The third-order valence-corrected chi connectivity index (χ3v) is 9.84. The van der Waals surface area contributed by atoms with Gasteiger partial charge in [-0.05, 0) is 68.1 Å². The predicted octanol–water partition coefficient (Wildman–Crippen LogP) is 5.46. The number of hydrogen-bond acceptors (Lipinski definition) is 6. The quantitative estimate of drug-likeness (QED) is 0.272. The summed E-state index contributed by atoms with van der Waals surface area (Å²) in [6, 6.07) is 19.7. The Morgan fingerprint density at radius 2 is 1.55 bits per heavy atom. The average molecular weight is 622 g/mol. The second kappa shape index (κ2) is 15.1. The lowest BCUT2D eigenvalue weighted by Gasteiger charge is -2.34. The third-order valence-electron chi connectivity index (χ3n) is 8.05. The molecule has 10 heteroatoms. The molecule has 44 heavy (non-hydrogen) atoms. The molecule has 1 atom stereocenters. The molecule has 4 rings (SSSR count). The number of benzene rings is 3. The van der Waals surface area contributed by atoms with Gasteiger partial charge in [0.05, 0.1) is 24.8 Å². The van der Waals surface area contributed by atoms with Crippen LogP contribution in [-0.2, 0) is 26.2 Å². The molecule has 1 aliphatic carbocycles. The predicted molar refractivity (Wildman–Crippen MR) is 171 cm³/mol. The fraction of sp³-hybridized carbons (Fsp3) is 0.412. The second-order valence-electron chi connectivity index (χ2n) is 11.2. The van der Waals surface area contributed by atoms with Gasteiger partial charge in [0.15, 0.2) is 0 Å². The molecule has 1 N–H and O–H groups in total. The van der Waals surface area contributed by atoms with Crippen LogP contribution in [0.15, 0.2) is 77.7 Å². The Hall–Kier alpha value is -4.05. The van der Waals surface area contributed by atoms with Gasteiger partial charge in [0.2, 0.25) is 11.8 Å². The van der Waals surface area contributed by atoms with Gasteiger partial charge in [-0.1, -0.05) is 62.1 Å². The highest BCUT2D eigenvalue weighted by molar-refractivity contribution is 7.92. The van der Waals surface area contributed by atoms with Gasteiger partial charge in [-0.3, -0.25) is 13.9 Å². The van der Waals surface area contributed by atoms with Crippen molar-refractivity contribution in [3.63, 3.8) is 0 Å². The molecule has 0 unspecified atom stereocenters. The lowest BCUT2D eigenvalue weighted by Crippen LogP contribution is -2.54. The standard InChI is InChI=1S/C34H43N3O6S/c1-5-32(34(39)35-27-12-7-6-8-13-27)36(23-26-11-9-15-29(21-26)42-3)33(38)24-37(28-14-10-16-30(22-28)43-4)44(40,41)31-19-17-25(2)18-20-31/h9-11,14-22,27,32H,5-8,12-13,23-24H2,1-4H3,(H,35,39)/t32-/m1/s1. The maximum Gasteiger partial charge on any atom is 0.264 e. The zero-order valence-electron chi connectivity index (χ0n) is 26.0. The Kier molecular flexibility index (Phi) is 11.3. The van der Waals surface area contributed by atoms with Gasteiger partial charge in [0, 0.05) is 18.7 Å². The Balaban J connectivity index is 1.73. The van der Waals surface area contributed by atoms with Gasteiger partial charge >= 0.3 is 0 Å². The summed E-state index contributed by atoms with van der Waals surface area (Å²) in [5.74, 6) is 0.335. The number of nitrogens with zero attached hydrogens (tertiary/aromatic N) is 2. The number of anilines is 1. The van der Waals surface area contributed by atoms with Crippen LogP contribution in [0.2, 0.25) is 0 Å². The number of carbonyl (C=O) groups excluding carboxylic acids is 2. The van der Waals surface area contributed by atoms with Crippen LogP contribution in [0.4, 0.5) is 5.69 Å². The lowest BCUT2D eigenvalue weighted by molar-refractivity contribution is -0.140. The molecule has 1 aliphatic rings. The van der Waals surface area contributed by atoms with Gasteiger partial charge in [-0.25, -0.2) is 8.42 Å². The minimum Gasteiger partial charge on any atom is -0.497 e. The van der Waals surface area contributed by atoms with Crippen molar-refractivity contribution >= 4 is 27.5 Å². The number of carbonyl (C=O) groups is 2. The van der Waals surface area contributed by atoms with E-state index in [1.165, 1.54) is 24.1 Å². The molecule has 9 nitrogen and oxygen atoms in total. The fourth-order valence-corrected chi connectivity index (χ4v) is 6.97. The first-order valence-corrected chi connectivity index (χ1v) is 16.6. The summed E-state index contributed by atoms with van der Waals surface area (Å²) >= 11 is 0. The van der Waals surface area contributed by atoms with Crippen LogP contribution in [0.5, 0.6) is 11.5 Å². The van der Waals surface area contributed by atoms with Crippen molar-refractivity contribution in [3.8, 4) is 11.5 Å². The van der Waals surface area contributed by atoms with E-state index in [2.05, 4.69) is 5.32 Å². The molecular formula is C34H43N3O6S. The number of aryl methyl sites for hydroxylation is 1. The SMILES string of the molecule is CC[C@H](C(=O)NC1CCCCC1)N(Cc1cccc(OC)c1)C(=O)CN(c1cccc(OC)c1)S(=O)(=O)c1ccc(C)cc1. The highest BCUT2D eigenvalue weighted by Crippen LogP contribution is 2.28. The van der Waals surface area contributed by atoms with Crippen LogP contribution in [-0.4, -0.2) is 58.0 Å². The number of nitrogens with one attached hydrogen (secondary N) is 1. The summed E-state index contributed by atoms with van der Waals surface area (Å²) in [7, 11) is -1.11. The zero-order valence-corrected chi connectivity index (χ0v) is 26.8. The minimum atomic E-state index is -4.17. The van der Waals surface area contributed by atoms with E-state index in [0.717, 1.165) is 47.5 Å². The van der Waals surface area contributed by atoms with Crippen molar-refractivity contribution in [3.05, 3.63) is 83.9 Å². The molecule has 2 amide bonds. The van der Waals surface area contributed by atoms with E-state index < -0.39 is 28.5 Å². The average Bonchev–Trinajstić information content (AvgIpc) is 3.04. The van der Waals surface area contributed by atoms with Crippen molar-refractivity contribution in [1.82, 2.24) is 10.2 Å². The molecule has 3 aromatic rings. The monoisotopic (exact) mass is 621 g/mol. The first-order chi connectivity index (χ1) is 21.2. The molecule has 0 heterocycles. The van der Waals surface area contributed by atoms with Crippen molar-refractivity contribution in [1.29, 1.82) is 0 Å². The van der Waals surface area contributed by atoms with Gasteiger partial charge in [0.1, 0.15) is 24.1 Å². The highest BCUT2D eigenvalue weighted by atomic mass is 32.2. The van der Waals surface area contributed by atoms with Crippen LogP contribution in [0.3, 0.4) is 0 Å². The molecular weight excluding hydrogens is 578 g/mol.